The van der Waals surface area contributed by atoms with Crippen molar-refractivity contribution in [2.75, 3.05) is 53.5 Å². The van der Waals surface area contributed by atoms with Gasteiger partial charge in [0.15, 0.2) is 0 Å². The Labute approximate surface area is 177 Å². The minimum atomic E-state index is -0.250. The first-order valence-electron chi connectivity index (χ1n) is 9.89. The minimum absolute atomic E-state index is 0.234. The number of rotatable bonds is 7. The van der Waals surface area contributed by atoms with Gasteiger partial charge in [0.2, 0.25) is 5.91 Å². The van der Waals surface area contributed by atoms with Crippen molar-refractivity contribution in [3.63, 3.8) is 0 Å². The van der Waals surface area contributed by atoms with Crippen LogP contribution >= 0.6 is 0 Å². The van der Waals surface area contributed by atoms with Gasteiger partial charge in [-0.1, -0.05) is 24.3 Å². The molecule has 1 saturated heterocycles. The Bertz CT molecular complexity index is 626. The molecule has 0 spiro atoms. The summed E-state index contributed by atoms with van der Waals surface area (Å²) in [6, 6.07) is 8.48. The quantitative estimate of drug-likeness (QED) is 0.621. The van der Waals surface area contributed by atoms with Gasteiger partial charge >= 0.3 is 0 Å². The highest BCUT2D eigenvalue weighted by Gasteiger charge is 2.26. The van der Waals surface area contributed by atoms with Crippen molar-refractivity contribution >= 4 is 18.9 Å². The van der Waals surface area contributed by atoms with Crippen LogP contribution in [0.2, 0.25) is 0 Å². The fraction of sp³-hybridized carbons (Fsp3) is 0.571. The van der Waals surface area contributed by atoms with Gasteiger partial charge in [0, 0.05) is 46.9 Å². The van der Waals surface area contributed by atoms with Crippen molar-refractivity contribution in [1.29, 1.82) is 0 Å². The van der Waals surface area contributed by atoms with E-state index in [1.165, 1.54) is 17.5 Å². The highest BCUT2D eigenvalue weighted by atomic mass is 16.5. The molecule has 2 N–H and O–H groups in total. The van der Waals surface area contributed by atoms with E-state index in [0.717, 1.165) is 45.9 Å². The maximum absolute atomic E-state index is 12.5. The number of carbonyl (C=O) groups is 3. The summed E-state index contributed by atoms with van der Waals surface area (Å²) in [5.41, 5.74) is 2.72. The number of hydrogen-bond acceptors (Lipinski definition) is 6. The summed E-state index contributed by atoms with van der Waals surface area (Å²) in [7, 11) is 3.69. The van der Waals surface area contributed by atoms with Crippen molar-refractivity contribution in [2.24, 2.45) is 5.92 Å². The van der Waals surface area contributed by atoms with E-state index in [1.807, 2.05) is 11.9 Å². The molecule has 9 nitrogen and oxygen atoms in total. The third-order valence-corrected chi connectivity index (χ3v) is 5.20. The van der Waals surface area contributed by atoms with E-state index in [9.17, 15) is 4.79 Å². The largest absolute Gasteiger partial charge is 0.483 e. The standard InChI is InChI=1S/C19H29N3O2.2CH2O2/c1-20(11-16-7-8-21(12-16)9-10-24-2)19(23)15-22-13-17-5-3-4-6-18(17)14-22;2*2-1-3/h3-6,16H,7-15H2,1-2H3;2*1H,(H,2,3). The molecule has 3 rings (SSSR count). The molecular formula is C21H33N3O6. The molecule has 0 radical (unpaired) electrons. The minimum Gasteiger partial charge on any atom is -0.483 e. The molecule has 168 valence electrons. The van der Waals surface area contributed by atoms with Crippen molar-refractivity contribution in [1.82, 2.24) is 14.7 Å². The van der Waals surface area contributed by atoms with Crippen LogP contribution in [0.15, 0.2) is 24.3 Å². The fourth-order valence-electron chi connectivity index (χ4n) is 3.80. The first-order chi connectivity index (χ1) is 14.5. The number of likely N-dealkylation sites (N-methyl/N-ethyl adjacent to an activating group) is 1. The maximum atomic E-state index is 12.5. The molecule has 1 atom stereocenters. The van der Waals surface area contributed by atoms with Gasteiger partial charge in [0.1, 0.15) is 0 Å². The van der Waals surface area contributed by atoms with Gasteiger partial charge in [-0.05, 0) is 30.0 Å². The first-order valence-corrected chi connectivity index (χ1v) is 9.89. The number of carboxylic acid groups (broad SMARTS) is 2. The number of nitrogens with zero attached hydrogens (tertiary/aromatic N) is 3. The summed E-state index contributed by atoms with van der Waals surface area (Å²) in [6.07, 6.45) is 1.18. The Hall–Kier alpha value is -2.49. The van der Waals surface area contributed by atoms with Crippen molar-refractivity contribution in [3.05, 3.63) is 35.4 Å². The highest BCUT2D eigenvalue weighted by Crippen LogP contribution is 2.22. The smallest absolute Gasteiger partial charge is 0.290 e. The predicted molar refractivity (Wildman–Crippen MR) is 112 cm³/mol. The molecule has 0 aromatic heterocycles. The number of benzene rings is 1. The highest BCUT2D eigenvalue weighted by molar-refractivity contribution is 5.78. The van der Waals surface area contributed by atoms with Gasteiger partial charge in [-0.2, -0.15) is 0 Å². The molecule has 0 bridgehead atoms. The zero-order chi connectivity index (χ0) is 22.4. The Kier molecular flexibility index (Phi) is 12.3. The summed E-state index contributed by atoms with van der Waals surface area (Å²) in [5, 5.41) is 13.8. The van der Waals surface area contributed by atoms with Crippen LogP contribution < -0.4 is 0 Å². The van der Waals surface area contributed by atoms with Crippen molar-refractivity contribution in [2.45, 2.75) is 19.5 Å². The average molecular weight is 424 g/mol. The van der Waals surface area contributed by atoms with Crippen molar-refractivity contribution < 1.29 is 29.3 Å². The van der Waals surface area contributed by atoms with E-state index in [0.29, 0.717) is 12.5 Å². The lowest BCUT2D eigenvalue weighted by Gasteiger charge is -2.24. The third kappa shape index (κ3) is 8.89. The first kappa shape index (κ1) is 25.5. The lowest BCUT2D eigenvalue weighted by Crippen LogP contribution is -2.39. The van der Waals surface area contributed by atoms with E-state index in [-0.39, 0.29) is 18.9 Å². The van der Waals surface area contributed by atoms with Crippen LogP contribution in [-0.4, -0.2) is 97.3 Å². The third-order valence-electron chi connectivity index (χ3n) is 5.20. The van der Waals surface area contributed by atoms with Crippen LogP contribution in [0.3, 0.4) is 0 Å². The topological polar surface area (TPSA) is 111 Å². The SMILES string of the molecule is COCCN1CCC(CN(C)C(=O)CN2Cc3ccccc3C2)C1.O=CO.O=CO. The number of carbonyl (C=O) groups excluding carboxylic acids is 1. The molecule has 1 unspecified atom stereocenters. The van der Waals surface area contributed by atoms with Gasteiger partial charge in [-0.25, -0.2) is 0 Å². The lowest BCUT2D eigenvalue weighted by atomic mass is 10.1. The lowest BCUT2D eigenvalue weighted by molar-refractivity contribution is -0.131. The maximum Gasteiger partial charge on any atom is 0.290 e. The Balaban J connectivity index is 0.000000672. The summed E-state index contributed by atoms with van der Waals surface area (Å²) < 4.78 is 5.15. The number of methoxy groups -OCH3 is 1. The van der Waals surface area contributed by atoms with Crippen LogP contribution in [-0.2, 0) is 32.2 Å². The summed E-state index contributed by atoms with van der Waals surface area (Å²) >= 11 is 0. The van der Waals surface area contributed by atoms with Gasteiger partial charge in [0.25, 0.3) is 12.9 Å². The molecule has 0 saturated carbocycles. The second-order valence-electron chi connectivity index (χ2n) is 7.35. The number of fused-ring (bicyclic) bond motifs is 1. The molecule has 1 fully saturated rings. The molecule has 1 amide bonds. The molecule has 2 aliphatic rings. The molecule has 30 heavy (non-hydrogen) atoms. The molecule has 1 aromatic carbocycles. The molecule has 0 aliphatic carbocycles. The summed E-state index contributed by atoms with van der Waals surface area (Å²) in [6.45, 7) is 6.66. The monoisotopic (exact) mass is 423 g/mol. The zero-order valence-corrected chi connectivity index (χ0v) is 17.8. The number of likely N-dealkylation sites (tertiary alicyclic amines) is 1. The summed E-state index contributed by atoms with van der Waals surface area (Å²) in [4.78, 5) is 35.9. The molecular weight excluding hydrogens is 390 g/mol. The van der Waals surface area contributed by atoms with Crippen LogP contribution in [0.1, 0.15) is 17.5 Å². The Morgan fingerprint density at radius 1 is 1.17 bits per heavy atom. The van der Waals surface area contributed by atoms with Gasteiger partial charge in [0.05, 0.1) is 13.2 Å². The van der Waals surface area contributed by atoms with E-state index in [2.05, 4.69) is 34.1 Å². The fourth-order valence-corrected chi connectivity index (χ4v) is 3.80. The van der Waals surface area contributed by atoms with E-state index in [4.69, 9.17) is 24.5 Å². The van der Waals surface area contributed by atoms with E-state index < -0.39 is 0 Å². The normalized spacial score (nSPS) is 17.7. The van der Waals surface area contributed by atoms with Crippen LogP contribution in [0.25, 0.3) is 0 Å². The second-order valence-corrected chi connectivity index (χ2v) is 7.35. The molecule has 9 heteroatoms. The van der Waals surface area contributed by atoms with E-state index >= 15 is 0 Å². The summed E-state index contributed by atoms with van der Waals surface area (Å²) in [5.74, 6) is 0.824. The van der Waals surface area contributed by atoms with Gasteiger partial charge in [-0.15, -0.1) is 0 Å². The van der Waals surface area contributed by atoms with Gasteiger partial charge in [-0.3, -0.25) is 19.3 Å². The van der Waals surface area contributed by atoms with Gasteiger partial charge < -0.3 is 24.7 Å². The Morgan fingerprint density at radius 2 is 1.73 bits per heavy atom. The van der Waals surface area contributed by atoms with Crippen LogP contribution in [0, 0.1) is 5.92 Å². The van der Waals surface area contributed by atoms with Crippen LogP contribution in [0.4, 0.5) is 0 Å². The zero-order valence-electron chi connectivity index (χ0n) is 17.8. The van der Waals surface area contributed by atoms with Crippen molar-refractivity contribution in [3.8, 4) is 0 Å². The number of ether oxygens (including phenoxy) is 1. The second kappa shape index (κ2) is 14.5. The average Bonchev–Trinajstić information content (AvgIpc) is 3.33. The number of amides is 1. The Morgan fingerprint density at radius 3 is 2.27 bits per heavy atom. The molecule has 2 aliphatic heterocycles. The predicted octanol–water partition coefficient (Wildman–Crippen LogP) is 0.831. The number of hydrogen-bond donors (Lipinski definition) is 2. The molecule has 2 heterocycles. The van der Waals surface area contributed by atoms with Crippen LogP contribution in [0.5, 0.6) is 0 Å². The molecule has 1 aromatic rings. The van der Waals surface area contributed by atoms with E-state index in [1.54, 1.807) is 7.11 Å².